The fraction of sp³-hybridized carbons (Fsp3) is 0.0588. The Morgan fingerprint density at radius 2 is 1.71 bits per heavy atom. The van der Waals surface area contributed by atoms with Gasteiger partial charge >= 0.3 is 0 Å². The average Bonchev–Trinajstić information content (AvgIpc) is 2.47. The molecule has 4 heteroatoms. The van der Waals surface area contributed by atoms with Gasteiger partial charge in [-0.3, -0.25) is 0 Å². The van der Waals surface area contributed by atoms with Gasteiger partial charge in [-0.15, -0.1) is 0 Å². The number of aromatic nitrogens is 2. The summed E-state index contributed by atoms with van der Waals surface area (Å²) in [6.45, 7) is 2.05. The highest BCUT2D eigenvalue weighted by Gasteiger charge is 2.05. The van der Waals surface area contributed by atoms with Gasteiger partial charge in [-0.1, -0.05) is 42.5 Å². The number of benzene rings is 2. The molecule has 0 saturated heterocycles. The molecule has 3 N–H and O–H groups in total. The predicted octanol–water partition coefficient (Wildman–Crippen LogP) is 3.78. The molecule has 0 aliphatic carbocycles. The number of anilines is 3. The molecule has 4 nitrogen and oxygen atoms in total. The molecule has 0 spiro atoms. The van der Waals surface area contributed by atoms with E-state index in [-0.39, 0.29) is 5.95 Å². The Morgan fingerprint density at radius 1 is 0.905 bits per heavy atom. The van der Waals surface area contributed by atoms with E-state index in [4.69, 9.17) is 5.73 Å². The predicted molar refractivity (Wildman–Crippen MR) is 86.3 cm³/mol. The van der Waals surface area contributed by atoms with Crippen molar-refractivity contribution >= 4 is 17.5 Å². The van der Waals surface area contributed by atoms with Crippen LogP contribution < -0.4 is 11.1 Å². The van der Waals surface area contributed by atoms with Crippen molar-refractivity contribution < 1.29 is 0 Å². The van der Waals surface area contributed by atoms with Crippen LogP contribution in [0.25, 0.3) is 11.3 Å². The Labute approximate surface area is 123 Å². The van der Waals surface area contributed by atoms with E-state index in [2.05, 4.69) is 34.3 Å². The number of hydrogen-bond donors (Lipinski definition) is 2. The fourth-order valence-electron chi connectivity index (χ4n) is 2.16. The van der Waals surface area contributed by atoms with Gasteiger partial charge in [-0.05, 0) is 24.6 Å². The van der Waals surface area contributed by atoms with Gasteiger partial charge in [0, 0.05) is 17.3 Å². The zero-order valence-corrected chi connectivity index (χ0v) is 11.7. The van der Waals surface area contributed by atoms with Crippen LogP contribution in [0.4, 0.5) is 17.5 Å². The summed E-state index contributed by atoms with van der Waals surface area (Å²) in [5.74, 6) is 0.943. The number of rotatable bonds is 3. The van der Waals surface area contributed by atoms with Crippen LogP contribution in [0.3, 0.4) is 0 Å². The first-order chi connectivity index (χ1) is 10.2. The van der Waals surface area contributed by atoms with Crippen LogP contribution >= 0.6 is 0 Å². The lowest BCUT2D eigenvalue weighted by molar-refractivity contribution is 1.19. The first kappa shape index (κ1) is 13.1. The van der Waals surface area contributed by atoms with Gasteiger partial charge in [0.25, 0.3) is 0 Å². The van der Waals surface area contributed by atoms with Crippen molar-refractivity contribution in [1.82, 2.24) is 9.97 Å². The monoisotopic (exact) mass is 276 g/mol. The maximum atomic E-state index is 5.82. The minimum Gasteiger partial charge on any atom is -0.368 e. The van der Waals surface area contributed by atoms with Gasteiger partial charge in [-0.25, -0.2) is 4.98 Å². The molecular formula is C17H16N4. The summed E-state index contributed by atoms with van der Waals surface area (Å²) in [5, 5.41) is 3.26. The van der Waals surface area contributed by atoms with Crippen LogP contribution in [0, 0.1) is 6.92 Å². The molecule has 0 unspecified atom stereocenters. The summed E-state index contributed by atoms with van der Waals surface area (Å²) in [4.78, 5) is 8.53. The molecule has 2 aromatic carbocycles. The molecule has 0 atom stereocenters. The first-order valence-corrected chi connectivity index (χ1v) is 6.74. The molecule has 3 rings (SSSR count). The number of nitrogen functional groups attached to an aromatic ring is 1. The van der Waals surface area contributed by atoms with E-state index in [1.54, 1.807) is 0 Å². The van der Waals surface area contributed by atoms with Crippen LogP contribution in [0.15, 0.2) is 60.7 Å². The SMILES string of the molecule is Cc1cccc(Nc2cc(-c3ccccc3)nc(N)n2)c1. The van der Waals surface area contributed by atoms with Crippen molar-refractivity contribution in [3.63, 3.8) is 0 Å². The van der Waals surface area contributed by atoms with E-state index in [9.17, 15) is 0 Å². The second-order valence-corrected chi connectivity index (χ2v) is 4.86. The molecule has 1 aromatic heterocycles. The lowest BCUT2D eigenvalue weighted by Crippen LogP contribution is -2.01. The Hall–Kier alpha value is -2.88. The van der Waals surface area contributed by atoms with Crippen molar-refractivity contribution in [3.8, 4) is 11.3 Å². The fourth-order valence-corrected chi connectivity index (χ4v) is 2.16. The highest BCUT2D eigenvalue weighted by molar-refractivity contribution is 5.67. The maximum Gasteiger partial charge on any atom is 0.222 e. The van der Waals surface area contributed by atoms with E-state index in [0.717, 1.165) is 16.9 Å². The number of hydrogen-bond acceptors (Lipinski definition) is 4. The molecule has 0 amide bonds. The summed E-state index contributed by atoms with van der Waals surface area (Å²) in [7, 11) is 0. The van der Waals surface area contributed by atoms with Crippen LogP contribution in [0.5, 0.6) is 0 Å². The molecule has 21 heavy (non-hydrogen) atoms. The van der Waals surface area contributed by atoms with E-state index >= 15 is 0 Å². The summed E-state index contributed by atoms with van der Waals surface area (Å²) < 4.78 is 0. The van der Waals surface area contributed by atoms with Gasteiger partial charge in [-0.2, -0.15) is 4.98 Å². The third-order valence-corrected chi connectivity index (χ3v) is 3.10. The van der Waals surface area contributed by atoms with Crippen molar-refractivity contribution in [2.24, 2.45) is 0 Å². The third-order valence-electron chi connectivity index (χ3n) is 3.10. The van der Waals surface area contributed by atoms with E-state index in [1.807, 2.05) is 48.5 Å². The molecular weight excluding hydrogens is 260 g/mol. The second kappa shape index (κ2) is 5.63. The molecule has 3 aromatic rings. The van der Waals surface area contributed by atoms with Gasteiger partial charge in [0.05, 0.1) is 5.69 Å². The second-order valence-electron chi connectivity index (χ2n) is 4.86. The van der Waals surface area contributed by atoms with Gasteiger partial charge in [0.15, 0.2) is 0 Å². The number of nitrogens with two attached hydrogens (primary N) is 1. The zero-order valence-electron chi connectivity index (χ0n) is 11.7. The Morgan fingerprint density at radius 3 is 2.48 bits per heavy atom. The van der Waals surface area contributed by atoms with E-state index in [1.165, 1.54) is 5.56 Å². The quantitative estimate of drug-likeness (QED) is 0.764. The van der Waals surface area contributed by atoms with E-state index in [0.29, 0.717) is 5.82 Å². The van der Waals surface area contributed by atoms with Crippen LogP contribution in [-0.4, -0.2) is 9.97 Å². The molecule has 104 valence electrons. The number of nitrogens with zero attached hydrogens (tertiary/aromatic N) is 2. The molecule has 0 radical (unpaired) electrons. The van der Waals surface area contributed by atoms with E-state index < -0.39 is 0 Å². The largest absolute Gasteiger partial charge is 0.368 e. The highest BCUT2D eigenvalue weighted by atomic mass is 15.1. The number of aryl methyl sites for hydroxylation is 1. The minimum absolute atomic E-state index is 0.256. The smallest absolute Gasteiger partial charge is 0.222 e. The lowest BCUT2D eigenvalue weighted by atomic mass is 10.1. The van der Waals surface area contributed by atoms with Crippen molar-refractivity contribution in [2.45, 2.75) is 6.92 Å². The number of nitrogens with one attached hydrogen (secondary N) is 1. The Balaban J connectivity index is 1.95. The molecule has 0 aliphatic rings. The minimum atomic E-state index is 0.256. The third kappa shape index (κ3) is 3.17. The Kier molecular flexibility index (Phi) is 3.51. The normalized spacial score (nSPS) is 10.3. The summed E-state index contributed by atoms with van der Waals surface area (Å²) in [6.07, 6.45) is 0. The highest BCUT2D eigenvalue weighted by Crippen LogP contribution is 2.22. The molecule has 0 aliphatic heterocycles. The molecule has 1 heterocycles. The van der Waals surface area contributed by atoms with Crippen LogP contribution in [0.1, 0.15) is 5.56 Å². The van der Waals surface area contributed by atoms with Crippen LogP contribution in [-0.2, 0) is 0 Å². The maximum absolute atomic E-state index is 5.82. The van der Waals surface area contributed by atoms with Gasteiger partial charge < -0.3 is 11.1 Å². The summed E-state index contributed by atoms with van der Waals surface area (Å²) >= 11 is 0. The summed E-state index contributed by atoms with van der Waals surface area (Å²) in [6, 6.07) is 19.9. The molecule has 0 fully saturated rings. The Bertz CT molecular complexity index is 754. The average molecular weight is 276 g/mol. The van der Waals surface area contributed by atoms with Crippen molar-refractivity contribution in [1.29, 1.82) is 0 Å². The topological polar surface area (TPSA) is 63.8 Å². The standard InChI is InChI=1S/C17H16N4/c1-12-6-5-9-14(10-12)19-16-11-15(20-17(18)21-16)13-7-3-2-4-8-13/h2-11H,1H3,(H3,18,19,20,21). The lowest BCUT2D eigenvalue weighted by Gasteiger charge is -2.09. The molecule has 0 bridgehead atoms. The van der Waals surface area contributed by atoms with Crippen LogP contribution in [0.2, 0.25) is 0 Å². The van der Waals surface area contributed by atoms with Gasteiger partial charge in [0.2, 0.25) is 5.95 Å². The first-order valence-electron chi connectivity index (χ1n) is 6.74. The van der Waals surface area contributed by atoms with Crippen molar-refractivity contribution in [2.75, 3.05) is 11.1 Å². The van der Waals surface area contributed by atoms with Gasteiger partial charge in [0.1, 0.15) is 5.82 Å². The van der Waals surface area contributed by atoms with Crippen molar-refractivity contribution in [3.05, 3.63) is 66.2 Å². The molecule has 0 saturated carbocycles. The summed E-state index contributed by atoms with van der Waals surface area (Å²) in [5.41, 5.74) is 9.80. The zero-order chi connectivity index (χ0) is 14.7.